The van der Waals surface area contributed by atoms with Crippen LogP contribution in [0.4, 0.5) is 0 Å². The van der Waals surface area contributed by atoms with Crippen LogP contribution in [0, 0.1) is 11.3 Å². The molecule has 0 radical (unpaired) electrons. The fourth-order valence-electron chi connectivity index (χ4n) is 2.70. The van der Waals surface area contributed by atoms with E-state index in [1.54, 1.807) is 42.6 Å². The van der Waals surface area contributed by atoms with Crippen LogP contribution in [0.5, 0.6) is 11.5 Å². The number of carbonyl (C=O) groups is 1. The summed E-state index contributed by atoms with van der Waals surface area (Å²) in [7, 11) is 0. The summed E-state index contributed by atoms with van der Waals surface area (Å²) in [6, 6.07) is 23.7. The standard InChI is InChI=1S/C25H23N3O3/c1-2-15-30-23-13-11-21(12-14-23)25(29)28-27-17-22-5-3-4-6-24(22)31-18-20-9-7-19(16-26)8-10-20/h3-14,17H,2,15,18H2,1H3,(H,28,29)/b27-17-. The van der Waals surface area contributed by atoms with Gasteiger partial charge in [0, 0.05) is 11.1 Å². The number of hydrazone groups is 1. The Bertz CT molecular complexity index is 1070. The third-order valence-corrected chi connectivity index (χ3v) is 4.36. The van der Waals surface area contributed by atoms with Gasteiger partial charge in [-0.3, -0.25) is 4.79 Å². The number of rotatable bonds is 9. The minimum Gasteiger partial charge on any atom is -0.494 e. The van der Waals surface area contributed by atoms with Crippen molar-refractivity contribution in [3.8, 4) is 17.6 Å². The van der Waals surface area contributed by atoms with Gasteiger partial charge in [0.05, 0.1) is 24.5 Å². The first-order valence-electron chi connectivity index (χ1n) is 9.96. The molecule has 3 aromatic rings. The second-order valence-corrected chi connectivity index (χ2v) is 6.71. The first kappa shape index (κ1) is 21.6. The zero-order valence-corrected chi connectivity index (χ0v) is 17.2. The first-order chi connectivity index (χ1) is 15.2. The van der Waals surface area contributed by atoms with Crippen molar-refractivity contribution < 1.29 is 14.3 Å². The maximum atomic E-state index is 12.3. The minimum absolute atomic E-state index is 0.311. The fraction of sp³-hybridized carbons (Fsp3) is 0.160. The van der Waals surface area contributed by atoms with Crippen molar-refractivity contribution in [3.05, 3.63) is 95.1 Å². The van der Waals surface area contributed by atoms with Crippen molar-refractivity contribution in [1.82, 2.24) is 5.43 Å². The van der Waals surface area contributed by atoms with Gasteiger partial charge in [-0.25, -0.2) is 5.43 Å². The van der Waals surface area contributed by atoms with Crippen LogP contribution in [-0.2, 0) is 6.61 Å². The van der Waals surface area contributed by atoms with Gasteiger partial charge >= 0.3 is 0 Å². The van der Waals surface area contributed by atoms with Gasteiger partial charge in [-0.2, -0.15) is 10.4 Å². The van der Waals surface area contributed by atoms with Gasteiger partial charge in [0.2, 0.25) is 0 Å². The summed E-state index contributed by atoms with van der Waals surface area (Å²) >= 11 is 0. The Hall–Kier alpha value is -4.11. The van der Waals surface area contributed by atoms with Crippen LogP contribution >= 0.6 is 0 Å². The summed E-state index contributed by atoms with van der Waals surface area (Å²) in [5.74, 6) is 1.06. The van der Waals surface area contributed by atoms with Crippen LogP contribution in [0.1, 0.15) is 40.4 Å². The van der Waals surface area contributed by atoms with Gasteiger partial charge in [0.1, 0.15) is 18.1 Å². The Balaban J connectivity index is 1.58. The van der Waals surface area contributed by atoms with Gasteiger partial charge < -0.3 is 9.47 Å². The topological polar surface area (TPSA) is 83.7 Å². The lowest BCUT2D eigenvalue weighted by molar-refractivity contribution is 0.0955. The number of benzene rings is 3. The molecule has 3 aromatic carbocycles. The Labute approximate surface area is 181 Å². The van der Waals surface area contributed by atoms with E-state index in [0.717, 1.165) is 23.3 Å². The smallest absolute Gasteiger partial charge is 0.271 e. The van der Waals surface area contributed by atoms with E-state index in [-0.39, 0.29) is 5.91 Å². The van der Waals surface area contributed by atoms with Crippen LogP contribution < -0.4 is 14.9 Å². The zero-order valence-electron chi connectivity index (χ0n) is 17.2. The Morgan fingerprint density at radius 1 is 1.03 bits per heavy atom. The summed E-state index contributed by atoms with van der Waals surface area (Å²) in [6.07, 6.45) is 2.47. The maximum absolute atomic E-state index is 12.3. The highest BCUT2D eigenvalue weighted by atomic mass is 16.5. The van der Waals surface area contributed by atoms with Gasteiger partial charge in [0.15, 0.2) is 0 Å². The minimum atomic E-state index is -0.311. The Kier molecular flexibility index (Phi) is 7.78. The molecule has 3 rings (SSSR count). The molecule has 1 N–H and O–H groups in total. The highest BCUT2D eigenvalue weighted by Gasteiger charge is 2.05. The molecule has 0 unspecified atom stereocenters. The van der Waals surface area contributed by atoms with E-state index in [1.807, 2.05) is 43.3 Å². The van der Waals surface area contributed by atoms with Crippen molar-refractivity contribution in [3.63, 3.8) is 0 Å². The van der Waals surface area contributed by atoms with Crippen molar-refractivity contribution in [1.29, 1.82) is 5.26 Å². The normalized spacial score (nSPS) is 10.5. The molecule has 0 aromatic heterocycles. The molecule has 6 nitrogen and oxygen atoms in total. The quantitative estimate of drug-likeness (QED) is 0.407. The van der Waals surface area contributed by atoms with E-state index >= 15 is 0 Å². The number of ether oxygens (including phenoxy) is 2. The van der Waals surface area contributed by atoms with Crippen molar-refractivity contribution in [2.24, 2.45) is 5.10 Å². The van der Waals surface area contributed by atoms with Crippen molar-refractivity contribution >= 4 is 12.1 Å². The van der Waals surface area contributed by atoms with Crippen LogP contribution in [0.15, 0.2) is 77.9 Å². The first-order valence-corrected chi connectivity index (χ1v) is 9.96. The molecule has 156 valence electrons. The summed E-state index contributed by atoms with van der Waals surface area (Å²) in [5, 5.41) is 12.9. The summed E-state index contributed by atoms with van der Waals surface area (Å²) < 4.78 is 11.4. The third-order valence-electron chi connectivity index (χ3n) is 4.36. The number of carbonyl (C=O) groups excluding carboxylic acids is 1. The Morgan fingerprint density at radius 3 is 2.48 bits per heavy atom. The van der Waals surface area contributed by atoms with E-state index < -0.39 is 0 Å². The molecule has 0 bridgehead atoms. The van der Waals surface area contributed by atoms with Crippen LogP contribution in [0.2, 0.25) is 0 Å². The van der Waals surface area contributed by atoms with E-state index in [2.05, 4.69) is 16.6 Å². The molecular formula is C25H23N3O3. The van der Waals surface area contributed by atoms with Crippen molar-refractivity contribution in [2.75, 3.05) is 6.61 Å². The molecule has 0 saturated heterocycles. The molecule has 1 amide bonds. The predicted octanol–water partition coefficient (Wildman–Crippen LogP) is 4.69. The molecule has 0 saturated carbocycles. The average Bonchev–Trinajstić information content (AvgIpc) is 2.82. The molecule has 0 aliphatic heterocycles. The van der Waals surface area contributed by atoms with Crippen LogP contribution in [0.3, 0.4) is 0 Å². The lowest BCUT2D eigenvalue weighted by atomic mass is 10.1. The molecule has 31 heavy (non-hydrogen) atoms. The van der Waals surface area contributed by atoms with Gasteiger partial charge in [0.25, 0.3) is 5.91 Å². The lowest BCUT2D eigenvalue weighted by Crippen LogP contribution is -2.17. The largest absolute Gasteiger partial charge is 0.494 e. The number of para-hydroxylation sites is 1. The van der Waals surface area contributed by atoms with E-state index in [0.29, 0.717) is 30.1 Å². The van der Waals surface area contributed by atoms with Crippen LogP contribution in [0.25, 0.3) is 0 Å². The molecular weight excluding hydrogens is 390 g/mol. The summed E-state index contributed by atoms with van der Waals surface area (Å²) in [5.41, 5.74) is 5.31. The molecule has 0 spiro atoms. The van der Waals surface area contributed by atoms with Crippen molar-refractivity contribution in [2.45, 2.75) is 20.0 Å². The monoisotopic (exact) mass is 413 g/mol. The molecule has 0 aliphatic carbocycles. The number of amides is 1. The Morgan fingerprint density at radius 2 is 1.77 bits per heavy atom. The second kappa shape index (κ2) is 11.2. The molecule has 6 heteroatoms. The lowest BCUT2D eigenvalue weighted by Gasteiger charge is -2.09. The summed E-state index contributed by atoms with van der Waals surface area (Å²) in [6.45, 7) is 3.04. The molecule has 0 fully saturated rings. The number of hydrogen-bond acceptors (Lipinski definition) is 5. The number of hydrogen-bond donors (Lipinski definition) is 1. The zero-order chi connectivity index (χ0) is 21.9. The predicted molar refractivity (Wildman–Crippen MR) is 119 cm³/mol. The molecule has 0 aliphatic rings. The van der Waals surface area contributed by atoms with E-state index in [9.17, 15) is 4.79 Å². The SMILES string of the molecule is CCCOc1ccc(C(=O)N/N=C\c2ccccc2OCc2ccc(C#N)cc2)cc1. The highest BCUT2D eigenvalue weighted by molar-refractivity contribution is 5.95. The fourth-order valence-corrected chi connectivity index (χ4v) is 2.70. The second-order valence-electron chi connectivity index (χ2n) is 6.71. The van der Waals surface area contributed by atoms with Crippen LogP contribution in [-0.4, -0.2) is 18.7 Å². The van der Waals surface area contributed by atoms with E-state index in [4.69, 9.17) is 14.7 Å². The van der Waals surface area contributed by atoms with Gasteiger partial charge in [-0.15, -0.1) is 0 Å². The number of nitriles is 1. The maximum Gasteiger partial charge on any atom is 0.271 e. The summed E-state index contributed by atoms with van der Waals surface area (Å²) in [4.78, 5) is 12.3. The highest BCUT2D eigenvalue weighted by Crippen LogP contribution is 2.18. The molecule has 0 heterocycles. The van der Waals surface area contributed by atoms with Gasteiger partial charge in [-0.1, -0.05) is 31.2 Å². The number of nitrogens with one attached hydrogen (secondary N) is 1. The van der Waals surface area contributed by atoms with Gasteiger partial charge in [-0.05, 0) is 60.5 Å². The number of nitrogens with zero attached hydrogens (tertiary/aromatic N) is 2. The molecule has 0 atom stereocenters. The third kappa shape index (κ3) is 6.44. The van der Waals surface area contributed by atoms with E-state index in [1.165, 1.54) is 0 Å². The average molecular weight is 413 g/mol.